The molecule has 0 saturated carbocycles. The summed E-state index contributed by atoms with van der Waals surface area (Å²) in [6.45, 7) is 6.82. The first-order valence-corrected chi connectivity index (χ1v) is 5.39. The fourth-order valence-electron chi connectivity index (χ4n) is 1.95. The number of carbonyl (C=O) groups excluding carboxylic acids is 1. The first-order valence-electron chi connectivity index (χ1n) is 5.39. The van der Waals surface area contributed by atoms with Gasteiger partial charge in [0.15, 0.2) is 5.78 Å². The molecule has 0 spiro atoms. The molecular formula is C12H18N2O. The molecule has 15 heavy (non-hydrogen) atoms. The van der Waals surface area contributed by atoms with Gasteiger partial charge < -0.3 is 5.32 Å². The molecule has 0 bridgehead atoms. The number of nitrogens with one attached hydrogen (secondary N) is 1. The van der Waals surface area contributed by atoms with Crippen molar-refractivity contribution in [1.29, 1.82) is 5.26 Å². The van der Waals surface area contributed by atoms with Crippen molar-refractivity contribution in [3.63, 3.8) is 0 Å². The number of hydrogen-bond acceptors (Lipinski definition) is 3. The molecule has 1 unspecified atom stereocenters. The van der Waals surface area contributed by atoms with Crippen LogP contribution in [0.5, 0.6) is 0 Å². The van der Waals surface area contributed by atoms with Crippen molar-refractivity contribution in [2.75, 3.05) is 6.54 Å². The first kappa shape index (κ1) is 11.8. The van der Waals surface area contributed by atoms with E-state index >= 15 is 0 Å². The van der Waals surface area contributed by atoms with E-state index in [0.29, 0.717) is 6.42 Å². The highest BCUT2D eigenvalue weighted by atomic mass is 16.1. The van der Waals surface area contributed by atoms with Gasteiger partial charge in [0.1, 0.15) is 0 Å². The zero-order valence-corrected chi connectivity index (χ0v) is 9.63. The average molecular weight is 206 g/mol. The molecular weight excluding hydrogens is 188 g/mol. The third-order valence-electron chi connectivity index (χ3n) is 2.75. The van der Waals surface area contributed by atoms with E-state index in [-0.39, 0.29) is 17.1 Å². The van der Waals surface area contributed by atoms with Gasteiger partial charge in [0, 0.05) is 24.7 Å². The van der Waals surface area contributed by atoms with E-state index < -0.39 is 0 Å². The Morgan fingerprint density at radius 1 is 1.67 bits per heavy atom. The number of allylic oxidation sites excluding steroid dienone is 2. The van der Waals surface area contributed by atoms with Crippen LogP contribution < -0.4 is 5.32 Å². The maximum atomic E-state index is 11.5. The molecule has 0 aromatic heterocycles. The van der Waals surface area contributed by atoms with Crippen molar-refractivity contribution < 1.29 is 4.79 Å². The van der Waals surface area contributed by atoms with Crippen molar-refractivity contribution in [2.24, 2.45) is 11.3 Å². The molecule has 0 aromatic carbocycles. The van der Waals surface area contributed by atoms with E-state index in [1.54, 1.807) is 6.08 Å². The summed E-state index contributed by atoms with van der Waals surface area (Å²) >= 11 is 0. The molecule has 0 aliphatic heterocycles. The number of rotatable bonds is 3. The Bertz CT molecular complexity index is 323. The van der Waals surface area contributed by atoms with Crippen LogP contribution in [0.3, 0.4) is 0 Å². The summed E-state index contributed by atoms with van der Waals surface area (Å²) < 4.78 is 0. The van der Waals surface area contributed by atoms with Crippen molar-refractivity contribution >= 4 is 5.78 Å². The number of nitriles is 1. The number of nitrogens with zero attached hydrogens (tertiary/aromatic N) is 1. The minimum Gasteiger partial charge on any atom is -0.387 e. The summed E-state index contributed by atoms with van der Waals surface area (Å²) in [6.07, 6.45) is 3.04. The number of hydrogen-bond donors (Lipinski definition) is 1. The van der Waals surface area contributed by atoms with Crippen LogP contribution in [-0.2, 0) is 4.79 Å². The molecule has 0 aromatic rings. The van der Waals surface area contributed by atoms with Gasteiger partial charge in [0.2, 0.25) is 0 Å². The molecule has 82 valence electrons. The van der Waals surface area contributed by atoms with Gasteiger partial charge in [-0.2, -0.15) is 5.26 Å². The van der Waals surface area contributed by atoms with Gasteiger partial charge in [-0.1, -0.05) is 20.8 Å². The van der Waals surface area contributed by atoms with E-state index in [1.807, 2.05) is 13.8 Å². The minimum absolute atomic E-state index is 0.116. The van der Waals surface area contributed by atoms with Gasteiger partial charge >= 0.3 is 0 Å². The summed E-state index contributed by atoms with van der Waals surface area (Å²) in [7, 11) is 0. The fraction of sp³-hybridized carbons (Fsp3) is 0.667. The Kier molecular flexibility index (Phi) is 3.52. The second-order valence-corrected chi connectivity index (χ2v) is 4.72. The SMILES string of the molecule is CCCNC1=CC(=O)CC(C)(C)C1C#N. The Hall–Kier alpha value is -1.30. The van der Waals surface area contributed by atoms with E-state index in [1.165, 1.54) is 0 Å². The third kappa shape index (κ3) is 2.59. The third-order valence-corrected chi connectivity index (χ3v) is 2.75. The highest BCUT2D eigenvalue weighted by Crippen LogP contribution is 2.38. The second-order valence-electron chi connectivity index (χ2n) is 4.72. The van der Waals surface area contributed by atoms with E-state index in [4.69, 9.17) is 5.26 Å². The molecule has 3 heteroatoms. The predicted octanol–water partition coefficient (Wildman–Crippen LogP) is 2.01. The molecule has 1 atom stereocenters. The molecule has 0 amide bonds. The van der Waals surface area contributed by atoms with Crippen molar-refractivity contribution in [3.8, 4) is 6.07 Å². The standard InChI is InChI=1S/C12H18N2O/c1-4-5-14-11-6-9(15)7-12(2,3)10(11)8-13/h6,10,14H,4-5,7H2,1-3H3. The quantitative estimate of drug-likeness (QED) is 0.768. The summed E-state index contributed by atoms with van der Waals surface area (Å²) in [6, 6.07) is 2.29. The van der Waals surface area contributed by atoms with E-state index in [2.05, 4.69) is 18.3 Å². The van der Waals surface area contributed by atoms with Gasteiger partial charge in [-0.05, 0) is 11.8 Å². The first-order chi connectivity index (χ1) is 7.01. The summed E-state index contributed by atoms with van der Waals surface area (Å²) in [5.74, 6) is -0.0770. The number of ketones is 1. The Balaban J connectivity index is 2.91. The van der Waals surface area contributed by atoms with E-state index in [9.17, 15) is 4.79 Å². The van der Waals surface area contributed by atoms with Crippen LogP contribution in [0, 0.1) is 22.7 Å². The van der Waals surface area contributed by atoms with Gasteiger partial charge in [-0.15, -0.1) is 0 Å². The molecule has 1 aliphatic rings. The van der Waals surface area contributed by atoms with Crippen LogP contribution in [0.4, 0.5) is 0 Å². The monoisotopic (exact) mass is 206 g/mol. The molecule has 0 saturated heterocycles. The molecule has 1 rings (SSSR count). The van der Waals surface area contributed by atoms with E-state index in [0.717, 1.165) is 18.7 Å². The molecule has 0 fully saturated rings. The van der Waals surface area contributed by atoms with Gasteiger partial charge in [-0.25, -0.2) is 0 Å². The minimum atomic E-state index is -0.253. The zero-order chi connectivity index (χ0) is 11.5. The van der Waals surface area contributed by atoms with Gasteiger partial charge in [0.25, 0.3) is 0 Å². The van der Waals surface area contributed by atoms with Crippen LogP contribution >= 0.6 is 0 Å². The topological polar surface area (TPSA) is 52.9 Å². The maximum absolute atomic E-state index is 11.5. The molecule has 1 N–H and O–H groups in total. The second kappa shape index (κ2) is 4.48. The lowest BCUT2D eigenvalue weighted by atomic mass is 9.70. The smallest absolute Gasteiger partial charge is 0.158 e. The average Bonchev–Trinajstić information content (AvgIpc) is 2.12. The van der Waals surface area contributed by atoms with Gasteiger partial charge in [-0.3, -0.25) is 4.79 Å². The maximum Gasteiger partial charge on any atom is 0.158 e. The molecule has 0 heterocycles. The van der Waals surface area contributed by atoms with Crippen LogP contribution in [0.1, 0.15) is 33.6 Å². The normalized spacial score (nSPS) is 24.3. The lowest BCUT2D eigenvalue weighted by molar-refractivity contribution is -0.117. The van der Waals surface area contributed by atoms with Crippen LogP contribution in [0.2, 0.25) is 0 Å². The fourth-order valence-corrected chi connectivity index (χ4v) is 1.95. The summed E-state index contributed by atoms with van der Waals surface area (Å²) in [5.41, 5.74) is 0.539. The lowest BCUT2D eigenvalue weighted by Gasteiger charge is -2.34. The molecule has 3 nitrogen and oxygen atoms in total. The van der Waals surface area contributed by atoms with Crippen molar-refractivity contribution in [2.45, 2.75) is 33.6 Å². The van der Waals surface area contributed by atoms with Crippen LogP contribution in [0.25, 0.3) is 0 Å². The number of carbonyl (C=O) groups is 1. The summed E-state index contributed by atoms with van der Waals surface area (Å²) in [5, 5.41) is 12.3. The van der Waals surface area contributed by atoms with Crippen molar-refractivity contribution in [1.82, 2.24) is 5.32 Å². The molecule has 0 radical (unpaired) electrons. The zero-order valence-electron chi connectivity index (χ0n) is 9.63. The van der Waals surface area contributed by atoms with Crippen molar-refractivity contribution in [3.05, 3.63) is 11.8 Å². The molecule has 1 aliphatic carbocycles. The Labute approximate surface area is 91.2 Å². The highest BCUT2D eigenvalue weighted by Gasteiger charge is 2.37. The predicted molar refractivity (Wildman–Crippen MR) is 58.9 cm³/mol. The Morgan fingerprint density at radius 3 is 2.87 bits per heavy atom. The summed E-state index contributed by atoms with van der Waals surface area (Å²) in [4.78, 5) is 11.5. The van der Waals surface area contributed by atoms with Gasteiger partial charge in [0.05, 0.1) is 12.0 Å². The largest absolute Gasteiger partial charge is 0.387 e. The lowest BCUT2D eigenvalue weighted by Crippen LogP contribution is -2.36. The Morgan fingerprint density at radius 2 is 2.33 bits per heavy atom. The highest BCUT2D eigenvalue weighted by molar-refractivity contribution is 5.92. The van der Waals surface area contributed by atoms with Crippen LogP contribution in [0.15, 0.2) is 11.8 Å². The van der Waals surface area contributed by atoms with Crippen LogP contribution in [-0.4, -0.2) is 12.3 Å².